The van der Waals surface area contributed by atoms with Gasteiger partial charge in [0.05, 0.1) is 12.6 Å². The number of aliphatic hydroxyl groups is 1. The van der Waals surface area contributed by atoms with Gasteiger partial charge >= 0.3 is 0 Å². The van der Waals surface area contributed by atoms with Crippen molar-refractivity contribution in [1.29, 1.82) is 0 Å². The topological polar surface area (TPSA) is 46.2 Å². The number of thioether (sulfide) groups is 1. The molecule has 0 saturated carbocycles. The Hall–Kier alpha value is -0.0300. The highest BCUT2D eigenvalue weighted by molar-refractivity contribution is 9.10. The number of benzene rings is 1. The standard InChI is InChI=1S/C9H12BrNOS/c1-13-8-4-2-3-6(10)9(8)7(11)5-12/h2-4,7,12H,5,11H2,1H3. The predicted octanol–water partition coefficient (Wildman–Crippen LogP) is 2.16. The zero-order valence-corrected chi connectivity index (χ0v) is 9.73. The Balaban J connectivity index is 3.14. The lowest BCUT2D eigenvalue weighted by Gasteiger charge is -2.14. The molecule has 0 bridgehead atoms. The summed E-state index contributed by atoms with van der Waals surface area (Å²) in [6.07, 6.45) is 2.00. The number of halogens is 1. The van der Waals surface area contributed by atoms with Crippen LogP contribution in [0.15, 0.2) is 27.6 Å². The molecule has 0 amide bonds. The molecule has 0 aromatic heterocycles. The fourth-order valence-corrected chi connectivity index (χ4v) is 2.63. The predicted molar refractivity (Wildman–Crippen MR) is 59.9 cm³/mol. The van der Waals surface area contributed by atoms with E-state index in [0.717, 1.165) is 14.9 Å². The smallest absolute Gasteiger partial charge is 0.0625 e. The van der Waals surface area contributed by atoms with Gasteiger partial charge in [0.25, 0.3) is 0 Å². The molecular weight excluding hydrogens is 250 g/mol. The maximum atomic E-state index is 8.98. The molecule has 72 valence electrons. The summed E-state index contributed by atoms with van der Waals surface area (Å²) in [6, 6.07) is 5.59. The summed E-state index contributed by atoms with van der Waals surface area (Å²) in [4.78, 5) is 1.11. The number of hydrogen-bond donors (Lipinski definition) is 2. The van der Waals surface area contributed by atoms with Crippen molar-refractivity contribution in [2.24, 2.45) is 5.73 Å². The largest absolute Gasteiger partial charge is 0.394 e. The van der Waals surface area contributed by atoms with Gasteiger partial charge in [-0.15, -0.1) is 11.8 Å². The molecule has 4 heteroatoms. The van der Waals surface area contributed by atoms with Crippen LogP contribution in [0.3, 0.4) is 0 Å². The van der Waals surface area contributed by atoms with Gasteiger partial charge in [0.15, 0.2) is 0 Å². The first-order chi connectivity index (χ1) is 6.20. The van der Waals surface area contributed by atoms with Crippen LogP contribution in [0.2, 0.25) is 0 Å². The molecule has 0 spiro atoms. The first-order valence-corrected chi connectivity index (χ1v) is 5.91. The molecule has 1 atom stereocenters. The second-order valence-electron chi connectivity index (χ2n) is 2.64. The SMILES string of the molecule is CSc1cccc(Br)c1C(N)CO. The molecule has 1 aromatic carbocycles. The molecule has 1 unspecified atom stereocenters. The van der Waals surface area contributed by atoms with Crippen LogP contribution in [0.25, 0.3) is 0 Å². The van der Waals surface area contributed by atoms with Gasteiger partial charge in [0, 0.05) is 9.37 Å². The summed E-state index contributed by atoms with van der Waals surface area (Å²) in [5.74, 6) is 0. The van der Waals surface area contributed by atoms with Crippen LogP contribution in [0.4, 0.5) is 0 Å². The molecule has 13 heavy (non-hydrogen) atoms. The second kappa shape index (κ2) is 5.00. The van der Waals surface area contributed by atoms with Crippen LogP contribution in [0, 0.1) is 0 Å². The minimum Gasteiger partial charge on any atom is -0.394 e. The van der Waals surface area contributed by atoms with Crippen molar-refractivity contribution in [3.05, 3.63) is 28.2 Å². The lowest BCUT2D eigenvalue weighted by Crippen LogP contribution is -2.16. The molecule has 1 aromatic rings. The number of nitrogens with two attached hydrogens (primary N) is 1. The molecule has 0 heterocycles. The summed E-state index contributed by atoms with van der Waals surface area (Å²) >= 11 is 5.06. The highest BCUT2D eigenvalue weighted by Gasteiger charge is 2.12. The molecule has 0 saturated heterocycles. The first-order valence-electron chi connectivity index (χ1n) is 3.89. The van der Waals surface area contributed by atoms with Crippen LogP contribution in [-0.2, 0) is 0 Å². The Labute approximate surface area is 90.7 Å². The van der Waals surface area contributed by atoms with E-state index in [4.69, 9.17) is 10.8 Å². The van der Waals surface area contributed by atoms with Crippen molar-refractivity contribution >= 4 is 27.7 Å². The molecular formula is C9H12BrNOS. The van der Waals surface area contributed by atoms with E-state index < -0.39 is 0 Å². The molecule has 2 nitrogen and oxygen atoms in total. The zero-order valence-electron chi connectivity index (χ0n) is 7.33. The zero-order chi connectivity index (χ0) is 9.84. The van der Waals surface area contributed by atoms with Gasteiger partial charge in [0.2, 0.25) is 0 Å². The summed E-state index contributed by atoms with van der Waals surface area (Å²) in [6.45, 7) is -0.0316. The van der Waals surface area contributed by atoms with Gasteiger partial charge < -0.3 is 10.8 Å². The van der Waals surface area contributed by atoms with E-state index in [0.29, 0.717) is 0 Å². The molecule has 3 N–H and O–H groups in total. The van der Waals surface area contributed by atoms with Crippen molar-refractivity contribution < 1.29 is 5.11 Å². The van der Waals surface area contributed by atoms with Crippen LogP contribution in [0.1, 0.15) is 11.6 Å². The fourth-order valence-electron chi connectivity index (χ4n) is 1.15. The summed E-state index contributed by atoms with van der Waals surface area (Å²) < 4.78 is 0.959. The summed E-state index contributed by atoms with van der Waals surface area (Å²) in [5, 5.41) is 8.98. The van der Waals surface area contributed by atoms with Gasteiger partial charge in [-0.05, 0) is 24.0 Å². The maximum absolute atomic E-state index is 8.98. The molecule has 0 aliphatic rings. The van der Waals surface area contributed by atoms with Crippen molar-refractivity contribution in [3.63, 3.8) is 0 Å². The lowest BCUT2D eigenvalue weighted by atomic mass is 10.1. The Kier molecular flexibility index (Phi) is 4.25. The third-order valence-electron chi connectivity index (χ3n) is 1.80. The van der Waals surface area contributed by atoms with Gasteiger partial charge in [-0.3, -0.25) is 0 Å². The van der Waals surface area contributed by atoms with E-state index in [1.54, 1.807) is 11.8 Å². The van der Waals surface area contributed by atoms with Crippen LogP contribution in [-0.4, -0.2) is 18.0 Å². The Morgan fingerprint density at radius 3 is 2.85 bits per heavy atom. The van der Waals surface area contributed by atoms with E-state index in [1.165, 1.54) is 0 Å². The highest BCUT2D eigenvalue weighted by Crippen LogP contribution is 2.31. The normalized spacial score (nSPS) is 12.9. The third kappa shape index (κ3) is 2.47. The average Bonchev–Trinajstić information content (AvgIpc) is 2.16. The average molecular weight is 262 g/mol. The molecule has 0 aliphatic carbocycles. The van der Waals surface area contributed by atoms with E-state index in [-0.39, 0.29) is 12.6 Å². The van der Waals surface area contributed by atoms with Crippen molar-refractivity contribution in [2.45, 2.75) is 10.9 Å². The van der Waals surface area contributed by atoms with Crippen molar-refractivity contribution in [1.82, 2.24) is 0 Å². The quantitative estimate of drug-likeness (QED) is 0.820. The number of aliphatic hydroxyl groups excluding tert-OH is 1. The number of hydrogen-bond acceptors (Lipinski definition) is 3. The minimum atomic E-state index is -0.307. The van der Waals surface area contributed by atoms with E-state index >= 15 is 0 Å². The van der Waals surface area contributed by atoms with Crippen molar-refractivity contribution in [2.75, 3.05) is 12.9 Å². The monoisotopic (exact) mass is 261 g/mol. The fraction of sp³-hybridized carbons (Fsp3) is 0.333. The van der Waals surface area contributed by atoms with E-state index in [2.05, 4.69) is 15.9 Å². The molecule has 0 aliphatic heterocycles. The first kappa shape index (κ1) is 11.0. The summed E-state index contributed by atoms with van der Waals surface area (Å²) in [7, 11) is 0. The Morgan fingerprint density at radius 2 is 2.31 bits per heavy atom. The highest BCUT2D eigenvalue weighted by atomic mass is 79.9. The molecule has 0 fully saturated rings. The maximum Gasteiger partial charge on any atom is 0.0625 e. The molecule has 1 rings (SSSR count). The van der Waals surface area contributed by atoms with Gasteiger partial charge in [-0.25, -0.2) is 0 Å². The van der Waals surface area contributed by atoms with Gasteiger partial charge in [-0.1, -0.05) is 22.0 Å². The molecule has 0 radical (unpaired) electrons. The number of rotatable bonds is 3. The van der Waals surface area contributed by atoms with Gasteiger partial charge in [-0.2, -0.15) is 0 Å². The van der Waals surface area contributed by atoms with Gasteiger partial charge in [0.1, 0.15) is 0 Å². The van der Waals surface area contributed by atoms with E-state index in [9.17, 15) is 0 Å². The Morgan fingerprint density at radius 1 is 1.62 bits per heavy atom. The van der Waals surface area contributed by atoms with Crippen LogP contribution >= 0.6 is 27.7 Å². The minimum absolute atomic E-state index is 0.0316. The van der Waals surface area contributed by atoms with Crippen molar-refractivity contribution in [3.8, 4) is 0 Å². The second-order valence-corrected chi connectivity index (χ2v) is 4.35. The Bertz CT molecular complexity index is 293. The van der Waals surface area contributed by atoms with Crippen LogP contribution in [0.5, 0.6) is 0 Å². The lowest BCUT2D eigenvalue weighted by molar-refractivity contribution is 0.266. The van der Waals surface area contributed by atoms with Crippen LogP contribution < -0.4 is 5.73 Å². The third-order valence-corrected chi connectivity index (χ3v) is 3.29. The summed E-state index contributed by atoms with van der Waals surface area (Å²) in [5.41, 5.74) is 6.76. The van der Waals surface area contributed by atoms with E-state index in [1.807, 2.05) is 24.5 Å².